The second-order valence-corrected chi connectivity index (χ2v) is 2.60. The van der Waals surface area contributed by atoms with E-state index in [0.29, 0.717) is 24.3 Å². The maximum atomic E-state index is 12.5. The van der Waals surface area contributed by atoms with Crippen molar-refractivity contribution in [1.82, 2.24) is 0 Å². The maximum absolute atomic E-state index is 12.5. The molecule has 0 nitrogen and oxygen atoms in total. The molecule has 0 aliphatic heterocycles. The first-order chi connectivity index (χ1) is 4.41. The highest BCUT2D eigenvalue weighted by atomic mass is 35.5. The van der Waals surface area contributed by atoms with Crippen molar-refractivity contribution in [1.29, 1.82) is 0 Å². The van der Waals surface area contributed by atoms with E-state index in [4.69, 9.17) is 11.6 Å². The quantitative estimate of drug-likeness (QED) is 0.385. The van der Waals surface area contributed by atoms with Gasteiger partial charge in [-0.25, -0.2) is 4.39 Å². The summed E-state index contributed by atoms with van der Waals surface area (Å²) < 4.78 is 36.8. The summed E-state index contributed by atoms with van der Waals surface area (Å²) in [6, 6.07) is 0. The second-order valence-electron chi connectivity index (χ2n) is 2.02. The van der Waals surface area contributed by atoms with Crippen LogP contribution >= 0.6 is 11.6 Å². The van der Waals surface area contributed by atoms with Gasteiger partial charge in [-0.1, -0.05) is 11.6 Å². The molecule has 1 rings (SSSR count). The summed E-state index contributed by atoms with van der Waals surface area (Å²) in [4.78, 5) is 0. The Morgan fingerprint density at radius 1 is 0.900 bits per heavy atom. The lowest BCUT2D eigenvalue weighted by molar-refractivity contribution is 0.106. The second kappa shape index (κ2) is 2.02. The average Bonchev–Trinajstić information content (AvgIpc) is 1.79. The number of halogens is 4. The number of hydrogen-bond acceptors (Lipinski definition) is 0. The molecule has 0 bridgehead atoms. The number of hydrogen-bond donors (Lipinski definition) is 0. The SMILES string of the molecule is FC1(F)C=CC(F)(Cl)C=C1. The standard InChI is InChI=1S/C6H4ClF3/c7-5(8)1-3-6(9,10)4-2-5/h1-4H. The lowest BCUT2D eigenvalue weighted by Gasteiger charge is -2.15. The highest BCUT2D eigenvalue weighted by molar-refractivity contribution is 6.25. The van der Waals surface area contributed by atoms with E-state index in [2.05, 4.69) is 0 Å². The largest absolute Gasteiger partial charge is 0.285 e. The number of alkyl halides is 4. The normalized spacial score (nSPS) is 26.8. The monoisotopic (exact) mass is 168 g/mol. The number of rotatable bonds is 0. The van der Waals surface area contributed by atoms with Crippen LogP contribution in [0.25, 0.3) is 0 Å². The van der Waals surface area contributed by atoms with E-state index in [1.54, 1.807) is 0 Å². The predicted molar refractivity (Wildman–Crippen MR) is 32.9 cm³/mol. The third kappa shape index (κ3) is 1.77. The van der Waals surface area contributed by atoms with Crippen LogP contribution in [0.1, 0.15) is 0 Å². The van der Waals surface area contributed by atoms with Gasteiger partial charge in [0.1, 0.15) is 0 Å². The zero-order chi connectivity index (χ0) is 7.83. The molecule has 56 valence electrons. The summed E-state index contributed by atoms with van der Waals surface area (Å²) in [6.07, 6.45) is 2.10. The van der Waals surface area contributed by atoms with Crippen LogP contribution in [-0.4, -0.2) is 11.1 Å². The summed E-state index contributed by atoms with van der Waals surface area (Å²) in [5.41, 5.74) is 0. The molecule has 1 aliphatic rings. The van der Waals surface area contributed by atoms with Gasteiger partial charge in [-0.05, 0) is 24.3 Å². The van der Waals surface area contributed by atoms with E-state index >= 15 is 0 Å². The van der Waals surface area contributed by atoms with E-state index in [9.17, 15) is 13.2 Å². The van der Waals surface area contributed by atoms with Crippen LogP contribution in [0.5, 0.6) is 0 Å². The smallest absolute Gasteiger partial charge is 0.217 e. The molecule has 0 unspecified atom stereocenters. The molecule has 0 aromatic heterocycles. The van der Waals surface area contributed by atoms with Crippen molar-refractivity contribution < 1.29 is 13.2 Å². The van der Waals surface area contributed by atoms with Crippen molar-refractivity contribution in [2.75, 3.05) is 0 Å². The summed E-state index contributed by atoms with van der Waals surface area (Å²) in [6.45, 7) is 0. The van der Waals surface area contributed by atoms with E-state index < -0.39 is 11.1 Å². The molecular formula is C6H4ClF3. The van der Waals surface area contributed by atoms with Gasteiger partial charge in [0, 0.05) is 0 Å². The molecule has 0 spiro atoms. The molecule has 0 aromatic rings. The third-order valence-corrected chi connectivity index (χ3v) is 1.31. The molecule has 0 aromatic carbocycles. The molecule has 0 heterocycles. The van der Waals surface area contributed by atoms with Crippen LogP contribution in [0.15, 0.2) is 24.3 Å². The first-order valence-electron chi connectivity index (χ1n) is 2.58. The third-order valence-electron chi connectivity index (χ3n) is 1.06. The van der Waals surface area contributed by atoms with Crippen molar-refractivity contribution >= 4 is 11.6 Å². The van der Waals surface area contributed by atoms with Crippen LogP contribution in [0.4, 0.5) is 13.2 Å². The zero-order valence-corrected chi connectivity index (χ0v) is 5.58. The number of allylic oxidation sites excluding steroid dienone is 4. The van der Waals surface area contributed by atoms with Gasteiger partial charge in [0.2, 0.25) is 5.13 Å². The van der Waals surface area contributed by atoms with Crippen LogP contribution < -0.4 is 0 Å². The minimum atomic E-state index is -3.05. The Hall–Kier alpha value is -0.440. The Morgan fingerprint density at radius 3 is 1.60 bits per heavy atom. The Kier molecular flexibility index (Phi) is 1.55. The Bertz CT molecular complexity index is 155. The molecule has 0 fully saturated rings. The van der Waals surface area contributed by atoms with Crippen molar-refractivity contribution in [3.63, 3.8) is 0 Å². The van der Waals surface area contributed by atoms with E-state index in [-0.39, 0.29) is 0 Å². The van der Waals surface area contributed by atoms with Crippen molar-refractivity contribution in [2.24, 2.45) is 0 Å². The van der Waals surface area contributed by atoms with Gasteiger partial charge in [-0.15, -0.1) is 0 Å². The Labute approximate surface area is 61.0 Å². The summed E-state index contributed by atoms with van der Waals surface area (Å²) >= 11 is 5.03. The minimum Gasteiger partial charge on any atom is -0.217 e. The lowest BCUT2D eigenvalue weighted by Crippen LogP contribution is -2.18. The highest BCUT2D eigenvalue weighted by Crippen LogP contribution is 2.31. The molecule has 0 saturated carbocycles. The first kappa shape index (κ1) is 7.66. The topological polar surface area (TPSA) is 0 Å². The summed E-state index contributed by atoms with van der Waals surface area (Å²) in [5, 5.41) is -2.23. The average molecular weight is 169 g/mol. The van der Waals surface area contributed by atoms with E-state index in [1.807, 2.05) is 0 Å². The fraction of sp³-hybridized carbons (Fsp3) is 0.333. The van der Waals surface area contributed by atoms with Crippen LogP contribution in [0.3, 0.4) is 0 Å². The first-order valence-corrected chi connectivity index (χ1v) is 2.96. The Morgan fingerprint density at radius 2 is 1.30 bits per heavy atom. The molecule has 0 N–H and O–H groups in total. The molecular weight excluding hydrogens is 165 g/mol. The fourth-order valence-electron chi connectivity index (χ4n) is 0.556. The van der Waals surface area contributed by atoms with E-state index in [1.165, 1.54) is 0 Å². The van der Waals surface area contributed by atoms with Gasteiger partial charge >= 0.3 is 0 Å². The summed E-state index contributed by atoms with van der Waals surface area (Å²) in [7, 11) is 0. The molecule has 0 radical (unpaired) electrons. The van der Waals surface area contributed by atoms with Crippen molar-refractivity contribution in [3.05, 3.63) is 24.3 Å². The zero-order valence-electron chi connectivity index (χ0n) is 4.82. The fourth-order valence-corrected chi connectivity index (χ4v) is 0.682. The van der Waals surface area contributed by atoms with Gasteiger partial charge < -0.3 is 0 Å². The van der Waals surface area contributed by atoms with E-state index in [0.717, 1.165) is 0 Å². The molecule has 10 heavy (non-hydrogen) atoms. The van der Waals surface area contributed by atoms with Crippen LogP contribution in [0.2, 0.25) is 0 Å². The molecule has 4 heteroatoms. The Balaban J connectivity index is 2.81. The molecule has 0 atom stereocenters. The van der Waals surface area contributed by atoms with Crippen LogP contribution in [-0.2, 0) is 0 Å². The van der Waals surface area contributed by atoms with Crippen LogP contribution in [0, 0.1) is 0 Å². The molecule has 0 amide bonds. The van der Waals surface area contributed by atoms with Crippen molar-refractivity contribution in [3.8, 4) is 0 Å². The lowest BCUT2D eigenvalue weighted by atomic mass is 10.1. The van der Waals surface area contributed by atoms with Crippen molar-refractivity contribution in [2.45, 2.75) is 11.1 Å². The molecule has 1 aliphatic carbocycles. The molecule has 0 saturated heterocycles. The van der Waals surface area contributed by atoms with Gasteiger partial charge in [0.15, 0.2) is 0 Å². The van der Waals surface area contributed by atoms with Gasteiger partial charge in [-0.3, -0.25) is 0 Å². The van der Waals surface area contributed by atoms with Gasteiger partial charge in [-0.2, -0.15) is 8.78 Å². The summed E-state index contributed by atoms with van der Waals surface area (Å²) in [5.74, 6) is -3.05. The predicted octanol–water partition coefficient (Wildman–Crippen LogP) is 2.65. The van der Waals surface area contributed by atoms with Gasteiger partial charge in [0.25, 0.3) is 5.92 Å². The maximum Gasteiger partial charge on any atom is 0.285 e. The van der Waals surface area contributed by atoms with Gasteiger partial charge in [0.05, 0.1) is 0 Å². The minimum absolute atomic E-state index is 0.431. The highest BCUT2D eigenvalue weighted by Gasteiger charge is 2.31.